The van der Waals surface area contributed by atoms with E-state index < -0.39 is 24.9 Å². The van der Waals surface area contributed by atoms with Crippen molar-refractivity contribution in [3.63, 3.8) is 0 Å². The fourth-order valence-electron chi connectivity index (χ4n) is 8.56. The SMILES string of the molecule is COC(c1c[nH]c2ncc(-c3c(C)noc3C)cc12)C1CCC(F)(F)CC1.[2H]C([2H])([2H])n1cc(C(OC)C2CCC(F)(F)CC2)c2cc(-c3c(C)noc3C)cnc21. The van der Waals surface area contributed by atoms with Crippen LogP contribution in [-0.2, 0) is 16.4 Å². The number of nitrogens with zero attached hydrogens (tertiary/aromatic N) is 5. The lowest BCUT2D eigenvalue weighted by Gasteiger charge is -2.33. The lowest BCUT2D eigenvalue weighted by molar-refractivity contribution is -0.0692. The van der Waals surface area contributed by atoms with Gasteiger partial charge in [-0.1, -0.05) is 10.3 Å². The summed E-state index contributed by atoms with van der Waals surface area (Å²) in [5.41, 5.74) is 7.57. The zero-order valence-electron chi connectivity index (χ0n) is 34.8. The van der Waals surface area contributed by atoms with E-state index in [0.29, 0.717) is 53.7 Å². The van der Waals surface area contributed by atoms with Crippen LogP contribution in [0.1, 0.15) is 102 Å². The van der Waals surface area contributed by atoms with Crippen LogP contribution in [0.4, 0.5) is 17.6 Å². The standard InChI is InChI=1S/C21H25F2N3O2.C20H23F2N3O2/c1-12-18(13(2)28-25-12)15-9-16-17(11-26(3)20(16)24-10-15)19(27-4)14-5-7-21(22,23)8-6-14;1-11-17(12(2)27-25-11)14-8-15-16(10-24-19(15)23-9-14)18(26-3)13-4-6-20(21,22)7-5-13/h9-11,14,19H,5-8H2,1-4H3;8-10,13,18H,4-7H2,1-3H3,(H,23,24)/i3D3;. The summed E-state index contributed by atoms with van der Waals surface area (Å²) in [6, 6.07) is 3.90. The summed E-state index contributed by atoms with van der Waals surface area (Å²) in [4.78, 5) is 12.2. The number of hydrogen-bond donors (Lipinski definition) is 1. The van der Waals surface area contributed by atoms with E-state index in [1.165, 1.54) is 13.3 Å². The van der Waals surface area contributed by atoms with Gasteiger partial charge in [-0.2, -0.15) is 0 Å². The summed E-state index contributed by atoms with van der Waals surface area (Å²) in [5.74, 6) is -3.90. The average molecular weight is 768 g/mol. The maximum atomic E-state index is 13.7. The average Bonchev–Trinajstić information content (AvgIpc) is 3.94. The van der Waals surface area contributed by atoms with Crippen molar-refractivity contribution >= 4 is 22.1 Å². The van der Waals surface area contributed by atoms with Gasteiger partial charge in [0.2, 0.25) is 11.8 Å². The topological polar surface area (TPSA) is 117 Å². The molecule has 0 spiro atoms. The number of halogens is 4. The number of ether oxygens (including phenoxy) is 2. The number of methoxy groups -OCH3 is 2. The maximum absolute atomic E-state index is 13.7. The van der Waals surface area contributed by atoms with Crippen molar-refractivity contribution in [2.75, 3.05) is 14.2 Å². The molecule has 55 heavy (non-hydrogen) atoms. The molecule has 2 aliphatic carbocycles. The van der Waals surface area contributed by atoms with Crippen LogP contribution in [0, 0.1) is 39.5 Å². The minimum Gasteiger partial charge on any atom is -0.376 e. The van der Waals surface area contributed by atoms with Gasteiger partial charge in [0, 0.05) is 120 Å². The van der Waals surface area contributed by atoms with E-state index >= 15 is 0 Å². The fourth-order valence-corrected chi connectivity index (χ4v) is 8.56. The predicted molar refractivity (Wildman–Crippen MR) is 200 cm³/mol. The lowest BCUT2D eigenvalue weighted by atomic mass is 9.81. The quantitative estimate of drug-likeness (QED) is 0.152. The Balaban J connectivity index is 0.000000178. The minimum atomic E-state index is -2.65. The van der Waals surface area contributed by atoms with Crippen LogP contribution in [0.15, 0.2) is 46.0 Å². The Morgan fingerprint density at radius 2 is 1.25 bits per heavy atom. The second kappa shape index (κ2) is 15.2. The Labute approximate surface area is 321 Å². The number of hydrogen-bond acceptors (Lipinski definition) is 8. The van der Waals surface area contributed by atoms with Gasteiger partial charge in [0.15, 0.2) is 0 Å². The third-order valence-corrected chi connectivity index (χ3v) is 11.4. The third-order valence-electron chi connectivity index (χ3n) is 11.4. The van der Waals surface area contributed by atoms with Gasteiger partial charge in [-0.25, -0.2) is 27.5 Å². The predicted octanol–water partition coefficient (Wildman–Crippen LogP) is 10.7. The molecule has 0 saturated heterocycles. The molecule has 2 unspecified atom stereocenters. The van der Waals surface area contributed by atoms with Gasteiger partial charge in [-0.15, -0.1) is 0 Å². The van der Waals surface area contributed by atoms with Gasteiger partial charge in [-0.3, -0.25) is 0 Å². The zero-order valence-corrected chi connectivity index (χ0v) is 31.8. The van der Waals surface area contributed by atoms with Crippen molar-refractivity contribution in [1.29, 1.82) is 0 Å². The molecule has 14 heteroatoms. The summed E-state index contributed by atoms with van der Waals surface area (Å²) >= 11 is 0. The monoisotopic (exact) mass is 767 g/mol. The van der Waals surface area contributed by atoms with Gasteiger partial charge in [0.1, 0.15) is 22.8 Å². The number of alkyl halides is 4. The van der Waals surface area contributed by atoms with Gasteiger partial charge >= 0.3 is 0 Å². The molecule has 0 amide bonds. The fraction of sp³-hybridized carbons (Fsp3) is 0.512. The summed E-state index contributed by atoms with van der Waals surface area (Å²) in [6.45, 7) is 4.96. The summed E-state index contributed by atoms with van der Waals surface area (Å²) < 4.78 is 101. The Bertz CT molecular complexity index is 2340. The van der Waals surface area contributed by atoms with Crippen LogP contribution in [0.2, 0.25) is 0 Å². The molecule has 10 nitrogen and oxygen atoms in total. The zero-order chi connectivity index (χ0) is 41.7. The largest absolute Gasteiger partial charge is 0.376 e. The van der Waals surface area contributed by atoms with Crippen molar-refractivity contribution in [1.82, 2.24) is 29.8 Å². The molecule has 6 heterocycles. The molecule has 2 saturated carbocycles. The highest BCUT2D eigenvalue weighted by molar-refractivity contribution is 5.87. The summed E-state index contributed by atoms with van der Waals surface area (Å²) in [7, 11) is 3.17. The second-order valence-electron chi connectivity index (χ2n) is 15.0. The Kier molecular flexibility index (Phi) is 9.63. The highest BCUT2D eigenvalue weighted by Crippen LogP contribution is 2.46. The molecule has 8 rings (SSSR count). The lowest BCUT2D eigenvalue weighted by Crippen LogP contribution is -2.28. The van der Waals surface area contributed by atoms with E-state index in [0.717, 1.165) is 54.9 Å². The van der Waals surface area contributed by atoms with Gasteiger partial charge in [0.25, 0.3) is 0 Å². The molecule has 2 fully saturated rings. The molecule has 1 N–H and O–H groups in total. The van der Waals surface area contributed by atoms with Crippen molar-refractivity contribution < 1.29 is 40.2 Å². The number of pyridine rings is 2. The van der Waals surface area contributed by atoms with E-state index in [4.69, 9.17) is 22.6 Å². The number of nitrogens with one attached hydrogen (secondary N) is 1. The van der Waals surface area contributed by atoms with Crippen molar-refractivity contribution in [3.05, 3.63) is 71.0 Å². The van der Waals surface area contributed by atoms with Crippen LogP contribution < -0.4 is 0 Å². The number of aromatic amines is 1. The first-order chi connectivity index (χ1) is 27.4. The van der Waals surface area contributed by atoms with Gasteiger partial charge < -0.3 is 28.1 Å². The number of rotatable bonds is 8. The van der Waals surface area contributed by atoms with Crippen LogP contribution in [-0.4, -0.2) is 55.9 Å². The van der Waals surface area contributed by atoms with E-state index in [1.54, 1.807) is 26.4 Å². The smallest absolute Gasteiger partial charge is 0.248 e. The van der Waals surface area contributed by atoms with E-state index in [-0.39, 0.29) is 43.6 Å². The van der Waals surface area contributed by atoms with Crippen LogP contribution in [0.3, 0.4) is 0 Å². The van der Waals surface area contributed by atoms with Crippen molar-refractivity contribution in [3.8, 4) is 22.3 Å². The number of aryl methyl sites for hydroxylation is 5. The molecule has 2 aliphatic rings. The van der Waals surface area contributed by atoms with E-state index in [1.807, 2.05) is 39.1 Å². The molecule has 6 aromatic heterocycles. The Morgan fingerprint density at radius 3 is 1.73 bits per heavy atom. The van der Waals surface area contributed by atoms with Gasteiger partial charge in [0.05, 0.1) is 23.6 Å². The molecule has 0 aromatic carbocycles. The van der Waals surface area contributed by atoms with Crippen LogP contribution >= 0.6 is 0 Å². The van der Waals surface area contributed by atoms with E-state index in [9.17, 15) is 17.6 Å². The Morgan fingerprint density at radius 1 is 0.764 bits per heavy atom. The molecule has 0 bridgehead atoms. The van der Waals surface area contributed by atoms with Crippen LogP contribution in [0.25, 0.3) is 44.3 Å². The van der Waals surface area contributed by atoms with E-state index in [2.05, 4.69) is 25.3 Å². The van der Waals surface area contributed by atoms with Gasteiger partial charge in [-0.05, 0) is 77.3 Å². The summed E-state index contributed by atoms with van der Waals surface area (Å²) in [5, 5.41) is 9.56. The van der Waals surface area contributed by atoms with Crippen molar-refractivity contribution in [2.45, 2.75) is 103 Å². The molecule has 0 aliphatic heterocycles. The van der Waals surface area contributed by atoms with Crippen molar-refractivity contribution in [2.24, 2.45) is 18.8 Å². The molecule has 2 atom stereocenters. The molecular formula is C41H48F4N6O4. The normalized spacial score (nSPS) is 19.8. The number of H-pyrrole nitrogens is 1. The molecule has 0 radical (unpaired) electrons. The summed E-state index contributed by atoms with van der Waals surface area (Å²) in [6.07, 6.45) is 7.03. The molecule has 6 aromatic rings. The number of aromatic nitrogens is 6. The third kappa shape index (κ3) is 7.67. The Hall–Kier alpha value is -4.56. The first-order valence-electron chi connectivity index (χ1n) is 20.1. The highest BCUT2D eigenvalue weighted by atomic mass is 19.3. The second-order valence-corrected chi connectivity index (χ2v) is 15.0. The number of fused-ring (bicyclic) bond motifs is 2. The molecular weight excluding hydrogens is 716 g/mol. The first-order valence-corrected chi connectivity index (χ1v) is 18.6. The highest BCUT2D eigenvalue weighted by Gasteiger charge is 2.40. The first kappa shape index (κ1) is 34.9. The minimum absolute atomic E-state index is 0.0661. The van der Waals surface area contributed by atoms with Crippen LogP contribution in [0.5, 0.6) is 0 Å². The maximum Gasteiger partial charge on any atom is 0.248 e. The molecule has 294 valence electrons.